The van der Waals surface area contributed by atoms with Crippen LogP contribution in [0.1, 0.15) is 44.1 Å². The van der Waals surface area contributed by atoms with Gasteiger partial charge in [0, 0.05) is 37.9 Å². The topological polar surface area (TPSA) is 50.8 Å². The maximum Gasteiger partial charge on any atom is 0.267 e. The van der Waals surface area contributed by atoms with Crippen molar-refractivity contribution in [1.29, 1.82) is 0 Å². The van der Waals surface area contributed by atoms with Gasteiger partial charge in [0.1, 0.15) is 0 Å². The molecular formula is C25H30N2O3. The van der Waals surface area contributed by atoms with Gasteiger partial charge in [-0.1, -0.05) is 36.4 Å². The predicted molar refractivity (Wildman–Crippen MR) is 120 cm³/mol. The molecule has 2 fully saturated rings. The van der Waals surface area contributed by atoms with Crippen LogP contribution in [0.25, 0.3) is 17.2 Å². The quantitative estimate of drug-likeness (QED) is 0.546. The average molecular weight is 407 g/mol. The number of ether oxygens (including phenoxy) is 1. The molecule has 4 rings (SSSR count). The molecule has 0 bridgehead atoms. The van der Waals surface area contributed by atoms with Crippen molar-refractivity contribution < 1.29 is 14.4 Å². The van der Waals surface area contributed by atoms with E-state index in [1.165, 1.54) is 42.2 Å². The Kier molecular flexibility index (Phi) is 7.16. The lowest BCUT2D eigenvalue weighted by Gasteiger charge is -2.28. The summed E-state index contributed by atoms with van der Waals surface area (Å²) < 4.78 is 5.42. The van der Waals surface area contributed by atoms with E-state index in [0.717, 1.165) is 37.9 Å². The molecule has 2 saturated heterocycles. The molecular weight excluding hydrogens is 376 g/mol. The minimum absolute atomic E-state index is 0.290. The van der Waals surface area contributed by atoms with Crippen molar-refractivity contribution in [3.05, 3.63) is 60.2 Å². The van der Waals surface area contributed by atoms with Crippen LogP contribution in [0.2, 0.25) is 0 Å². The van der Waals surface area contributed by atoms with Crippen molar-refractivity contribution in [1.82, 2.24) is 5.48 Å². The van der Waals surface area contributed by atoms with E-state index >= 15 is 0 Å². The lowest BCUT2D eigenvalue weighted by Crippen LogP contribution is -2.32. The summed E-state index contributed by atoms with van der Waals surface area (Å²) in [7, 11) is 0. The lowest BCUT2D eigenvalue weighted by molar-refractivity contribution is -0.198. The number of amides is 1. The molecule has 0 aromatic heterocycles. The zero-order chi connectivity index (χ0) is 20.6. The van der Waals surface area contributed by atoms with Gasteiger partial charge >= 0.3 is 0 Å². The van der Waals surface area contributed by atoms with E-state index in [9.17, 15) is 4.79 Å². The van der Waals surface area contributed by atoms with Gasteiger partial charge in [-0.05, 0) is 67.0 Å². The van der Waals surface area contributed by atoms with E-state index in [1.54, 1.807) is 6.08 Å². The van der Waals surface area contributed by atoms with Crippen LogP contribution in [0.5, 0.6) is 0 Å². The molecule has 2 aromatic carbocycles. The SMILES string of the molecule is O=C(/C=C/c1ccc(-c2ccc(N3CCCCC3)cc2)cc1)NOC1CCCCO1. The monoisotopic (exact) mass is 406 g/mol. The van der Waals surface area contributed by atoms with Crippen LogP contribution in [0, 0.1) is 0 Å². The Labute approximate surface area is 178 Å². The first kappa shape index (κ1) is 20.6. The van der Waals surface area contributed by atoms with Crippen molar-refractivity contribution >= 4 is 17.7 Å². The highest BCUT2D eigenvalue weighted by Gasteiger charge is 2.15. The highest BCUT2D eigenvalue weighted by molar-refractivity contribution is 5.91. The number of nitrogens with zero attached hydrogens (tertiary/aromatic N) is 1. The number of carbonyl (C=O) groups is 1. The molecule has 1 amide bonds. The Balaban J connectivity index is 1.30. The average Bonchev–Trinajstić information content (AvgIpc) is 2.83. The fourth-order valence-electron chi connectivity index (χ4n) is 3.94. The summed E-state index contributed by atoms with van der Waals surface area (Å²) in [6.07, 6.45) is 9.76. The van der Waals surface area contributed by atoms with E-state index < -0.39 is 0 Å². The molecule has 0 aliphatic carbocycles. The van der Waals surface area contributed by atoms with Crippen LogP contribution in [-0.4, -0.2) is 31.9 Å². The number of nitrogens with one attached hydrogen (secondary N) is 1. The molecule has 2 heterocycles. The number of hydrogen-bond donors (Lipinski definition) is 1. The van der Waals surface area contributed by atoms with Gasteiger partial charge < -0.3 is 9.64 Å². The number of hydrogen-bond acceptors (Lipinski definition) is 4. The second kappa shape index (κ2) is 10.4. The number of rotatable bonds is 6. The van der Waals surface area contributed by atoms with E-state index in [-0.39, 0.29) is 12.2 Å². The molecule has 1 unspecified atom stereocenters. The lowest BCUT2D eigenvalue weighted by atomic mass is 10.0. The second-order valence-corrected chi connectivity index (χ2v) is 7.93. The van der Waals surface area contributed by atoms with Crippen LogP contribution >= 0.6 is 0 Å². The van der Waals surface area contributed by atoms with Crippen molar-refractivity contribution in [2.45, 2.75) is 44.8 Å². The summed E-state index contributed by atoms with van der Waals surface area (Å²) in [5.74, 6) is -0.290. The maximum atomic E-state index is 11.9. The standard InChI is InChI=1S/C25H30N2O3/c28-24(26-30-25-6-2-5-19-29-25)16-9-20-7-10-21(11-8-20)22-12-14-23(15-13-22)27-17-3-1-4-18-27/h7-16,25H,1-6,17-19H2,(H,26,28)/b16-9+. The molecule has 1 atom stereocenters. The highest BCUT2D eigenvalue weighted by Crippen LogP contribution is 2.25. The molecule has 2 aliphatic rings. The van der Waals surface area contributed by atoms with Gasteiger partial charge in [-0.3, -0.25) is 4.79 Å². The van der Waals surface area contributed by atoms with Crippen LogP contribution < -0.4 is 10.4 Å². The van der Waals surface area contributed by atoms with Crippen molar-refractivity contribution in [2.75, 3.05) is 24.6 Å². The van der Waals surface area contributed by atoms with Crippen LogP contribution in [0.4, 0.5) is 5.69 Å². The minimum Gasteiger partial charge on any atom is -0.372 e. The van der Waals surface area contributed by atoms with E-state index in [1.807, 2.05) is 12.1 Å². The molecule has 5 heteroatoms. The Bertz CT molecular complexity index is 834. The molecule has 1 N–H and O–H groups in total. The summed E-state index contributed by atoms with van der Waals surface area (Å²) in [6, 6.07) is 17.0. The molecule has 0 saturated carbocycles. The number of hydroxylamine groups is 1. The number of benzene rings is 2. The molecule has 0 spiro atoms. The number of piperidine rings is 1. The fourth-order valence-corrected chi connectivity index (χ4v) is 3.94. The Morgan fingerprint density at radius 2 is 1.63 bits per heavy atom. The summed E-state index contributed by atoms with van der Waals surface area (Å²) in [6.45, 7) is 3.00. The molecule has 30 heavy (non-hydrogen) atoms. The Hall–Kier alpha value is -2.63. The Morgan fingerprint density at radius 3 is 2.30 bits per heavy atom. The molecule has 0 radical (unpaired) electrons. The third-order valence-corrected chi connectivity index (χ3v) is 5.69. The highest BCUT2D eigenvalue weighted by atomic mass is 16.8. The van der Waals surface area contributed by atoms with Gasteiger partial charge in [0.05, 0.1) is 0 Å². The normalized spacial score (nSPS) is 19.7. The van der Waals surface area contributed by atoms with Crippen molar-refractivity contribution in [2.24, 2.45) is 0 Å². The first-order chi connectivity index (χ1) is 14.8. The molecule has 158 valence electrons. The van der Waals surface area contributed by atoms with Gasteiger partial charge in [0.25, 0.3) is 5.91 Å². The summed E-state index contributed by atoms with van der Waals surface area (Å²) in [5, 5.41) is 0. The third-order valence-electron chi connectivity index (χ3n) is 5.69. The summed E-state index contributed by atoms with van der Waals surface area (Å²) in [5.41, 5.74) is 7.08. The summed E-state index contributed by atoms with van der Waals surface area (Å²) >= 11 is 0. The number of anilines is 1. The van der Waals surface area contributed by atoms with Crippen LogP contribution in [0.3, 0.4) is 0 Å². The van der Waals surface area contributed by atoms with E-state index in [4.69, 9.17) is 9.57 Å². The molecule has 2 aliphatic heterocycles. The first-order valence-corrected chi connectivity index (χ1v) is 11.0. The fraction of sp³-hybridized carbons (Fsp3) is 0.400. The first-order valence-electron chi connectivity index (χ1n) is 11.0. The van der Waals surface area contributed by atoms with Crippen molar-refractivity contribution in [3.63, 3.8) is 0 Å². The molecule has 5 nitrogen and oxygen atoms in total. The van der Waals surface area contributed by atoms with Crippen LogP contribution in [0.15, 0.2) is 54.6 Å². The van der Waals surface area contributed by atoms with E-state index in [2.05, 4.69) is 46.8 Å². The van der Waals surface area contributed by atoms with Gasteiger partial charge in [-0.25, -0.2) is 10.3 Å². The van der Waals surface area contributed by atoms with Crippen LogP contribution in [-0.2, 0) is 14.4 Å². The smallest absolute Gasteiger partial charge is 0.267 e. The third kappa shape index (κ3) is 5.71. The number of carbonyl (C=O) groups excluding carboxylic acids is 1. The van der Waals surface area contributed by atoms with Gasteiger partial charge in [0.2, 0.25) is 0 Å². The van der Waals surface area contributed by atoms with Crippen molar-refractivity contribution in [3.8, 4) is 11.1 Å². The predicted octanol–water partition coefficient (Wildman–Crippen LogP) is 4.93. The summed E-state index contributed by atoms with van der Waals surface area (Å²) in [4.78, 5) is 19.7. The zero-order valence-electron chi connectivity index (χ0n) is 17.4. The minimum atomic E-state index is -0.336. The zero-order valence-corrected chi connectivity index (χ0v) is 17.4. The maximum absolute atomic E-state index is 11.9. The Morgan fingerprint density at radius 1 is 0.933 bits per heavy atom. The largest absolute Gasteiger partial charge is 0.372 e. The van der Waals surface area contributed by atoms with Gasteiger partial charge in [-0.2, -0.15) is 0 Å². The second-order valence-electron chi connectivity index (χ2n) is 7.93. The van der Waals surface area contributed by atoms with Gasteiger partial charge in [-0.15, -0.1) is 0 Å². The van der Waals surface area contributed by atoms with Gasteiger partial charge in [0.15, 0.2) is 6.29 Å². The van der Waals surface area contributed by atoms with E-state index in [0.29, 0.717) is 6.61 Å². The molecule has 2 aromatic rings.